The van der Waals surface area contributed by atoms with Crippen LogP contribution in [0, 0.1) is 5.92 Å². The fourth-order valence-electron chi connectivity index (χ4n) is 3.73. The third-order valence-electron chi connectivity index (χ3n) is 5.37. The predicted octanol–water partition coefficient (Wildman–Crippen LogP) is 2.20. The van der Waals surface area contributed by atoms with Gasteiger partial charge < -0.3 is 4.90 Å². The van der Waals surface area contributed by atoms with Crippen molar-refractivity contribution in [2.75, 3.05) is 25.9 Å². The molecule has 0 spiro atoms. The standard InChI is InChI=1S/C22H29N3O3S/c1-29(27,28)24-12-8-18-4-6-19(7-5-18)15-20-9-13-25(14-10-20)22(26)16-21-3-2-11-23-17-21/h2-7,11,17,20,24H,8-10,12-16H2,1H3. The molecule has 6 nitrogen and oxygen atoms in total. The van der Waals surface area contributed by atoms with Gasteiger partial charge in [-0.25, -0.2) is 13.1 Å². The van der Waals surface area contributed by atoms with E-state index in [1.165, 1.54) is 11.8 Å². The van der Waals surface area contributed by atoms with Crippen molar-refractivity contribution in [3.8, 4) is 0 Å². The van der Waals surface area contributed by atoms with Gasteiger partial charge in [0.1, 0.15) is 0 Å². The van der Waals surface area contributed by atoms with Gasteiger partial charge >= 0.3 is 0 Å². The number of hydrogen-bond donors (Lipinski definition) is 1. The van der Waals surface area contributed by atoms with E-state index in [0.717, 1.165) is 43.5 Å². The first kappa shape index (κ1) is 21.5. The number of hydrogen-bond acceptors (Lipinski definition) is 4. The Balaban J connectivity index is 1.41. The molecule has 156 valence electrons. The Morgan fingerprint density at radius 3 is 2.41 bits per heavy atom. The van der Waals surface area contributed by atoms with Crippen LogP contribution >= 0.6 is 0 Å². The summed E-state index contributed by atoms with van der Waals surface area (Å²) in [5.41, 5.74) is 3.39. The van der Waals surface area contributed by atoms with E-state index in [-0.39, 0.29) is 5.91 Å². The molecule has 1 N–H and O–H groups in total. The number of piperidine rings is 1. The summed E-state index contributed by atoms with van der Waals surface area (Å²) in [5.74, 6) is 0.777. The zero-order valence-electron chi connectivity index (χ0n) is 16.9. The first-order valence-corrected chi connectivity index (χ1v) is 12.0. The second kappa shape index (κ2) is 9.98. The van der Waals surface area contributed by atoms with Gasteiger partial charge in [0.25, 0.3) is 0 Å². The summed E-state index contributed by atoms with van der Waals surface area (Å²) in [4.78, 5) is 18.5. The number of benzene rings is 1. The van der Waals surface area contributed by atoms with Crippen LogP contribution in [0.2, 0.25) is 0 Å². The third-order valence-corrected chi connectivity index (χ3v) is 6.10. The van der Waals surface area contributed by atoms with Crippen molar-refractivity contribution in [1.29, 1.82) is 0 Å². The average Bonchev–Trinajstić information content (AvgIpc) is 2.70. The maximum absolute atomic E-state index is 12.5. The van der Waals surface area contributed by atoms with Crippen LogP contribution in [0.25, 0.3) is 0 Å². The van der Waals surface area contributed by atoms with E-state index in [0.29, 0.717) is 25.3 Å². The molecule has 0 atom stereocenters. The van der Waals surface area contributed by atoms with E-state index in [1.807, 2.05) is 17.0 Å². The normalized spacial score (nSPS) is 15.4. The van der Waals surface area contributed by atoms with Crippen LogP contribution in [-0.2, 0) is 34.1 Å². The zero-order valence-corrected chi connectivity index (χ0v) is 17.7. The molecule has 0 aliphatic carbocycles. The lowest BCUT2D eigenvalue weighted by Crippen LogP contribution is -2.39. The SMILES string of the molecule is CS(=O)(=O)NCCc1ccc(CC2CCN(C(=O)Cc3cccnc3)CC2)cc1. The van der Waals surface area contributed by atoms with Crippen molar-refractivity contribution in [1.82, 2.24) is 14.6 Å². The number of sulfonamides is 1. The first-order valence-electron chi connectivity index (χ1n) is 10.1. The van der Waals surface area contributed by atoms with E-state index >= 15 is 0 Å². The number of carbonyl (C=O) groups is 1. The van der Waals surface area contributed by atoms with Crippen LogP contribution < -0.4 is 4.72 Å². The minimum atomic E-state index is -3.13. The monoisotopic (exact) mass is 415 g/mol. The average molecular weight is 416 g/mol. The highest BCUT2D eigenvalue weighted by atomic mass is 32.2. The summed E-state index contributed by atoms with van der Waals surface area (Å²) in [6, 6.07) is 12.2. The lowest BCUT2D eigenvalue weighted by atomic mass is 9.89. The molecular formula is C22H29N3O3S. The molecule has 1 saturated heterocycles. The Kier molecular flexibility index (Phi) is 7.39. The quantitative estimate of drug-likeness (QED) is 0.717. The zero-order chi connectivity index (χ0) is 20.7. The van der Waals surface area contributed by atoms with Gasteiger partial charge in [-0.1, -0.05) is 30.3 Å². The van der Waals surface area contributed by atoms with Gasteiger partial charge in [0, 0.05) is 32.0 Å². The van der Waals surface area contributed by atoms with E-state index < -0.39 is 10.0 Å². The number of rotatable bonds is 8. The van der Waals surface area contributed by atoms with Gasteiger partial charge in [-0.3, -0.25) is 9.78 Å². The van der Waals surface area contributed by atoms with Crippen LogP contribution in [0.1, 0.15) is 29.5 Å². The third kappa shape index (κ3) is 7.25. The molecule has 7 heteroatoms. The largest absolute Gasteiger partial charge is 0.342 e. The molecule has 1 aliphatic rings. The predicted molar refractivity (Wildman–Crippen MR) is 114 cm³/mol. The van der Waals surface area contributed by atoms with Crippen molar-refractivity contribution < 1.29 is 13.2 Å². The number of aromatic nitrogens is 1. The highest BCUT2D eigenvalue weighted by molar-refractivity contribution is 7.88. The Labute approximate surface area is 173 Å². The molecule has 0 unspecified atom stereocenters. The van der Waals surface area contributed by atoms with Crippen LogP contribution in [0.3, 0.4) is 0 Å². The van der Waals surface area contributed by atoms with Crippen LogP contribution in [0.4, 0.5) is 0 Å². The Bertz CT molecular complexity index is 891. The molecule has 3 rings (SSSR count). The molecule has 0 saturated carbocycles. The van der Waals surface area contributed by atoms with Crippen molar-refractivity contribution in [3.05, 3.63) is 65.5 Å². The number of carbonyl (C=O) groups excluding carboxylic acids is 1. The maximum atomic E-state index is 12.5. The molecule has 1 amide bonds. The summed E-state index contributed by atoms with van der Waals surface area (Å²) in [6.45, 7) is 2.06. The van der Waals surface area contributed by atoms with E-state index in [4.69, 9.17) is 0 Å². The minimum absolute atomic E-state index is 0.184. The summed E-state index contributed by atoms with van der Waals surface area (Å²) in [7, 11) is -3.13. The van der Waals surface area contributed by atoms with Crippen molar-refractivity contribution in [2.45, 2.75) is 32.1 Å². The highest BCUT2D eigenvalue weighted by Crippen LogP contribution is 2.22. The number of likely N-dealkylation sites (tertiary alicyclic amines) is 1. The lowest BCUT2D eigenvalue weighted by molar-refractivity contribution is -0.131. The number of nitrogens with one attached hydrogen (secondary N) is 1. The number of nitrogens with zero attached hydrogens (tertiary/aromatic N) is 2. The number of pyridine rings is 1. The molecule has 1 fully saturated rings. The van der Waals surface area contributed by atoms with Gasteiger partial charge in [-0.2, -0.15) is 0 Å². The summed E-state index contributed by atoms with van der Waals surface area (Å²) in [6.07, 6.45) is 8.83. The molecule has 2 heterocycles. The van der Waals surface area contributed by atoms with Gasteiger partial charge in [0.2, 0.25) is 15.9 Å². The van der Waals surface area contributed by atoms with Crippen molar-refractivity contribution in [2.24, 2.45) is 5.92 Å². The van der Waals surface area contributed by atoms with Gasteiger partial charge in [0.15, 0.2) is 0 Å². The summed E-state index contributed by atoms with van der Waals surface area (Å²) < 4.78 is 24.7. The Hall–Kier alpha value is -2.25. The van der Waals surface area contributed by atoms with Gasteiger partial charge in [-0.05, 0) is 54.4 Å². The Morgan fingerprint density at radius 1 is 1.10 bits per heavy atom. The maximum Gasteiger partial charge on any atom is 0.227 e. The smallest absolute Gasteiger partial charge is 0.227 e. The van der Waals surface area contributed by atoms with Gasteiger partial charge in [-0.15, -0.1) is 0 Å². The molecule has 0 radical (unpaired) electrons. The van der Waals surface area contributed by atoms with Gasteiger partial charge in [0.05, 0.1) is 12.7 Å². The molecule has 29 heavy (non-hydrogen) atoms. The Morgan fingerprint density at radius 2 is 1.79 bits per heavy atom. The van der Waals surface area contributed by atoms with Crippen LogP contribution in [0.5, 0.6) is 0 Å². The molecular weight excluding hydrogens is 386 g/mol. The number of amides is 1. The summed E-state index contributed by atoms with van der Waals surface area (Å²) >= 11 is 0. The minimum Gasteiger partial charge on any atom is -0.342 e. The van der Waals surface area contributed by atoms with E-state index in [1.54, 1.807) is 12.4 Å². The molecule has 1 aliphatic heterocycles. The fourth-order valence-corrected chi connectivity index (χ4v) is 4.20. The topological polar surface area (TPSA) is 79.4 Å². The van der Waals surface area contributed by atoms with E-state index in [2.05, 4.69) is 34.0 Å². The second-order valence-corrected chi connectivity index (χ2v) is 9.63. The van der Waals surface area contributed by atoms with E-state index in [9.17, 15) is 13.2 Å². The lowest BCUT2D eigenvalue weighted by Gasteiger charge is -2.32. The van der Waals surface area contributed by atoms with Crippen molar-refractivity contribution in [3.63, 3.8) is 0 Å². The molecule has 2 aromatic rings. The van der Waals surface area contributed by atoms with Crippen LogP contribution in [-0.4, -0.2) is 50.1 Å². The summed E-state index contributed by atoms with van der Waals surface area (Å²) in [5, 5.41) is 0. The second-order valence-electron chi connectivity index (χ2n) is 7.80. The first-order chi connectivity index (χ1) is 13.9. The molecule has 1 aromatic carbocycles. The van der Waals surface area contributed by atoms with Crippen molar-refractivity contribution >= 4 is 15.9 Å². The van der Waals surface area contributed by atoms with Crippen LogP contribution in [0.15, 0.2) is 48.8 Å². The highest BCUT2D eigenvalue weighted by Gasteiger charge is 2.23. The fraction of sp³-hybridized carbons (Fsp3) is 0.455. The molecule has 1 aromatic heterocycles. The molecule has 0 bridgehead atoms.